The number of piperazine rings is 1. The molecular formula is C11H13F3N4O2. The molecule has 1 aromatic heterocycles. The van der Waals surface area contributed by atoms with Crippen LogP contribution in [-0.4, -0.2) is 64.8 Å². The molecule has 1 aromatic rings. The number of carbonyl (C=O) groups is 1. The Kier molecular flexibility index (Phi) is 4.07. The number of aromatic carboxylic acids is 1. The van der Waals surface area contributed by atoms with E-state index in [0.29, 0.717) is 18.9 Å². The summed E-state index contributed by atoms with van der Waals surface area (Å²) < 4.78 is 36.7. The monoisotopic (exact) mass is 290 g/mol. The summed E-state index contributed by atoms with van der Waals surface area (Å²) in [6, 6.07) is 0. The number of nitrogens with zero attached hydrogens (tertiary/aromatic N) is 4. The summed E-state index contributed by atoms with van der Waals surface area (Å²) in [4.78, 5) is 21.4. The van der Waals surface area contributed by atoms with Gasteiger partial charge in [-0.2, -0.15) is 13.2 Å². The Bertz CT molecular complexity index is 470. The summed E-state index contributed by atoms with van der Waals surface area (Å²) in [6.07, 6.45) is -1.73. The Balaban J connectivity index is 1.92. The van der Waals surface area contributed by atoms with E-state index in [-0.39, 0.29) is 18.8 Å². The van der Waals surface area contributed by atoms with Crippen LogP contribution >= 0.6 is 0 Å². The second-order valence-corrected chi connectivity index (χ2v) is 4.44. The van der Waals surface area contributed by atoms with Gasteiger partial charge in [-0.15, -0.1) is 0 Å². The molecule has 9 heteroatoms. The van der Waals surface area contributed by atoms with Crippen molar-refractivity contribution in [1.82, 2.24) is 14.9 Å². The molecule has 1 aliphatic rings. The van der Waals surface area contributed by atoms with E-state index >= 15 is 0 Å². The minimum atomic E-state index is -4.19. The molecule has 2 rings (SSSR count). The van der Waals surface area contributed by atoms with Gasteiger partial charge < -0.3 is 10.0 Å². The van der Waals surface area contributed by atoms with Crippen LogP contribution in [0.25, 0.3) is 0 Å². The molecule has 1 N–H and O–H groups in total. The number of carboxylic acid groups (broad SMARTS) is 1. The number of aromatic nitrogens is 2. The maximum atomic E-state index is 12.2. The van der Waals surface area contributed by atoms with Crippen molar-refractivity contribution in [2.75, 3.05) is 37.6 Å². The van der Waals surface area contributed by atoms with E-state index in [1.165, 1.54) is 11.1 Å². The number of hydrogen-bond donors (Lipinski definition) is 1. The summed E-state index contributed by atoms with van der Waals surface area (Å²) in [6.45, 7) is 0.447. The lowest BCUT2D eigenvalue weighted by molar-refractivity contribution is -0.146. The summed E-state index contributed by atoms with van der Waals surface area (Å²) in [5.41, 5.74) is -0.163. The maximum absolute atomic E-state index is 12.2. The van der Waals surface area contributed by atoms with Gasteiger partial charge in [0.1, 0.15) is 5.82 Å². The molecule has 1 fully saturated rings. The molecule has 20 heavy (non-hydrogen) atoms. The molecule has 0 radical (unpaired) electrons. The van der Waals surface area contributed by atoms with E-state index in [1.807, 2.05) is 0 Å². The molecule has 0 atom stereocenters. The van der Waals surface area contributed by atoms with Gasteiger partial charge in [-0.1, -0.05) is 0 Å². The van der Waals surface area contributed by atoms with Crippen LogP contribution in [0.5, 0.6) is 0 Å². The van der Waals surface area contributed by atoms with E-state index in [2.05, 4.69) is 9.97 Å². The SMILES string of the molecule is O=C(O)c1cnc(N2CCN(CC(F)(F)F)CC2)cn1. The number of carboxylic acids is 1. The minimum Gasteiger partial charge on any atom is -0.476 e. The van der Waals surface area contributed by atoms with Gasteiger partial charge in [-0.25, -0.2) is 14.8 Å². The smallest absolute Gasteiger partial charge is 0.401 e. The molecule has 0 aliphatic carbocycles. The highest BCUT2D eigenvalue weighted by molar-refractivity contribution is 5.84. The first-order chi connectivity index (χ1) is 9.35. The van der Waals surface area contributed by atoms with Crippen LogP contribution in [0.15, 0.2) is 12.4 Å². The van der Waals surface area contributed by atoms with Crippen molar-refractivity contribution in [2.24, 2.45) is 0 Å². The van der Waals surface area contributed by atoms with Crippen molar-refractivity contribution in [3.63, 3.8) is 0 Å². The molecule has 0 bridgehead atoms. The van der Waals surface area contributed by atoms with Gasteiger partial charge in [-0.05, 0) is 0 Å². The lowest BCUT2D eigenvalue weighted by Gasteiger charge is -2.35. The first-order valence-corrected chi connectivity index (χ1v) is 5.94. The summed E-state index contributed by atoms with van der Waals surface area (Å²) in [7, 11) is 0. The zero-order valence-electron chi connectivity index (χ0n) is 10.5. The normalized spacial score (nSPS) is 17.2. The Morgan fingerprint density at radius 2 is 1.85 bits per heavy atom. The van der Waals surface area contributed by atoms with Gasteiger partial charge >= 0.3 is 12.1 Å². The molecule has 1 saturated heterocycles. The van der Waals surface area contributed by atoms with Crippen LogP contribution in [0.2, 0.25) is 0 Å². The van der Waals surface area contributed by atoms with Gasteiger partial charge in [0, 0.05) is 26.2 Å². The van der Waals surface area contributed by atoms with Crippen LogP contribution in [0, 0.1) is 0 Å². The van der Waals surface area contributed by atoms with E-state index in [9.17, 15) is 18.0 Å². The standard InChI is InChI=1S/C11H13F3N4O2/c12-11(13,14)7-17-1-3-18(4-2-17)9-6-15-8(5-16-9)10(19)20/h5-6H,1-4,7H2,(H,19,20). The third kappa shape index (κ3) is 3.80. The fourth-order valence-electron chi connectivity index (χ4n) is 1.98. The lowest BCUT2D eigenvalue weighted by atomic mass is 10.3. The fraction of sp³-hybridized carbons (Fsp3) is 0.545. The maximum Gasteiger partial charge on any atom is 0.401 e. The van der Waals surface area contributed by atoms with E-state index in [4.69, 9.17) is 5.11 Å². The van der Waals surface area contributed by atoms with Crippen LogP contribution in [0.3, 0.4) is 0 Å². The van der Waals surface area contributed by atoms with Crippen LogP contribution in [-0.2, 0) is 0 Å². The van der Waals surface area contributed by atoms with E-state index < -0.39 is 18.7 Å². The lowest BCUT2D eigenvalue weighted by Crippen LogP contribution is -2.49. The molecule has 0 aromatic carbocycles. The summed E-state index contributed by atoms with van der Waals surface area (Å²) in [5.74, 6) is -0.694. The number of alkyl halides is 3. The minimum absolute atomic E-state index is 0.163. The quantitative estimate of drug-likeness (QED) is 0.890. The zero-order chi connectivity index (χ0) is 14.8. The summed E-state index contributed by atoms with van der Waals surface area (Å²) in [5, 5.41) is 8.70. The Morgan fingerprint density at radius 3 is 2.30 bits per heavy atom. The molecule has 0 amide bonds. The Hall–Kier alpha value is -1.90. The van der Waals surface area contributed by atoms with Crippen LogP contribution in [0.4, 0.5) is 19.0 Å². The number of rotatable bonds is 3. The number of anilines is 1. The van der Waals surface area contributed by atoms with Crippen molar-refractivity contribution in [3.05, 3.63) is 18.1 Å². The molecule has 110 valence electrons. The topological polar surface area (TPSA) is 69.6 Å². The van der Waals surface area contributed by atoms with Gasteiger partial charge in [0.15, 0.2) is 5.69 Å². The highest BCUT2D eigenvalue weighted by Gasteiger charge is 2.32. The molecule has 0 spiro atoms. The number of halogens is 3. The molecule has 0 saturated carbocycles. The van der Waals surface area contributed by atoms with Gasteiger partial charge in [0.05, 0.1) is 18.9 Å². The van der Waals surface area contributed by atoms with Gasteiger partial charge in [-0.3, -0.25) is 4.90 Å². The molecular weight excluding hydrogens is 277 g/mol. The van der Waals surface area contributed by atoms with Crippen LogP contribution in [0.1, 0.15) is 10.5 Å². The first-order valence-electron chi connectivity index (χ1n) is 5.94. The third-order valence-corrected chi connectivity index (χ3v) is 2.96. The number of hydrogen-bond acceptors (Lipinski definition) is 5. The first kappa shape index (κ1) is 14.5. The highest BCUT2D eigenvalue weighted by atomic mass is 19.4. The Morgan fingerprint density at radius 1 is 1.20 bits per heavy atom. The van der Waals surface area contributed by atoms with Crippen molar-refractivity contribution in [2.45, 2.75) is 6.18 Å². The van der Waals surface area contributed by atoms with Crippen LogP contribution < -0.4 is 4.90 Å². The van der Waals surface area contributed by atoms with Gasteiger partial charge in [0.25, 0.3) is 0 Å². The summed E-state index contributed by atoms with van der Waals surface area (Å²) >= 11 is 0. The fourth-order valence-corrected chi connectivity index (χ4v) is 1.98. The second kappa shape index (κ2) is 5.61. The second-order valence-electron chi connectivity index (χ2n) is 4.44. The highest BCUT2D eigenvalue weighted by Crippen LogP contribution is 2.19. The average Bonchev–Trinajstić information content (AvgIpc) is 2.38. The third-order valence-electron chi connectivity index (χ3n) is 2.96. The van der Waals surface area contributed by atoms with Crippen molar-refractivity contribution in [3.8, 4) is 0 Å². The molecule has 0 unspecified atom stereocenters. The van der Waals surface area contributed by atoms with Crippen molar-refractivity contribution < 1.29 is 23.1 Å². The molecule has 6 nitrogen and oxygen atoms in total. The van der Waals surface area contributed by atoms with E-state index in [1.54, 1.807) is 4.90 Å². The van der Waals surface area contributed by atoms with Gasteiger partial charge in [0.2, 0.25) is 0 Å². The average molecular weight is 290 g/mol. The van der Waals surface area contributed by atoms with Crippen molar-refractivity contribution >= 4 is 11.8 Å². The predicted octanol–water partition coefficient (Wildman–Crippen LogP) is 0.859. The molecule has 2 heterocycles. The zero-order valence-corrected chi connectivity index (χ0v) is 10.5. The predicted molar refractivity (Wildman–Crippen MR) is 63.7 cm³/mol. The van der Waals surface area contributed by atoms with Crippen molar-refractivity contribution in [1.29, 1.82) is 0 Å². The molecule has 1 aliphatic heterocycles. The largest absolute Gasteiger partial charge is 0.476 e. The van der Waals surface area contributed by atoms with E-state index in [0.717, 1.165) is 6.20 Å². The Labute approximate surface area is 112 Å².